The minimum atomic E-state index is -0.383. The molecule has 0 N–H and O–H groups in total. The Morgan fingerprint density at radius 2 is 1.80 bits per heavy atom. The quantitative estimate of drug-likeness (QED) is 0.455. The van der Waals surface area contributed by atoms with Crippen LogP contribution in [0.1, 0.15) is 17.3 Å². The Balaban J connectivity index is 1.87. The molecule has 0 unspecified atom stereocenters. The molecule has 0 aliphatic heterocycles. The SMILES string of the molecule is CCOC(=O)Cn1c(=NC(=O)c2ccc(OC)cc2)sc2c3ccccc3ccc21. The summed E-state index contributed by atoms with van der Waals surface area (Å²) >= 11 is 1.39. The highest BCUT2D eigenvalue weighted by atomic mass is 32.1. The van der Waals surface area contributed by atoms with E-state index < -0.39 is 0 Å². The van der Waals surface area contributed by atoms with Crippen molar-refractivity contribution < 1.29 is 19.1 Å². The lowest BCUT2D eigenvalue weighted by Gasteiger charge is -2.06. The predicted octanol–water partition coefficient (Wildman–Crippen LogP) is 4.17. The van der Waals surface area contributed by atoms with Gasteiger partial charge in [-0.1, -0.05) is 41.7 Å². The van der Waals surface area contributed by atoms with Crippen LogP contribution >= 0.6 is 11.3 Å². The van der Waals surface area contributed by atoms with Gasteiger partial charge in [0.1, 0.15) is 12.3 Å². The Bertz CT molecular complexity index is 1300. The van der Waals surface area contributed by atoms with Crippen molar-refractivity contribution in [2.24, 2.45) is 4.99 Å². The van der Waals surface area contributed by atoms with Crippen LogP contribution in [-0.2, 0) is 16.1 Å². The van der Waals surface area contributed by atoms with E-state index in [0.29, 0.717) is 22.7 Å². The fourth-order valence-electron chi connectivity index (χ4n) is 3.26. The van der Waals surface area contributed by atoms with Gasteiger partial charge in [-0.25, -0.2) is 0 Å². The molecule has 0 atom stereocenters. The largest absolute Gasteiger partial charge is 0.497 e. The number of esters is 1. The molecule has 0 saturated carbocycles. The van der Waals surface area contributed by atoms with Crippen LogP contribution in [0.15, 0.2) is 65.7 Å². The second kappa shape index (κ2) is 8.51. The van der Waals surface area contributed by atoms with Crippen molar-refractivity contribution in [3.05, 3.63) is 71.0 Å². The third-order valence-corrected chi connectivity index (χ3v) is 5.83. The van der Waals surface area contributed by atoms with Gasteiger partial charge in [-0.15, -0.1) is 0 Å². The maximum atomic E-state index is 12.8. The summed E-state index contributed by atoms with van der Waals surface area (Å²) in [5.74, 6) is -0.0907. The normalized spacial score (nSPS) is 11.7. The van der Waals surface area contributed by atoms with Gasteiger partial charge in [0, 0.05) is 10.9 Å². The van der Waals surface area contributed by atoms with Gasteiger partial charge in [0.2, 0.25) is 0 Å². The molecular formula is C23H20N2O4S. The summed E-state index contributed by atoms with van der Waals surface area (Å²) in [4.78, 5) is 29.8. The molecule has 30 heavy (non-hydrogen) atoms. The summed E-state index contributed by atoms with van der Waals surface area (Å²) < 4.78 is 13.0. The molecule has 0 fully saturated rings. The van der Waals surface area contributed by atoms with Crippen LogP contribution in [0.3, 0.4) is 0 Å². The molecular weight excluding hydrogens is 400 g/mol. The van der Waals surface area contributed by atoms with E-state index in [1.54, 1.807) is 42.9 Å². The number of hydrogen-bond donors (Lipinski definition) is 0. The van der Waals surface area contributed by atoms with Crippen LogP contribution in [0.4, 0.5) is 0 Å². The number of carbonyl (C=O) groups excluding carboxylic acids is 2. The molecule has 1 aromatic heterocycles. The molecule has 1 heterocycles. The summed E-state index contributed by atoms with van der Waals surface area (Å²) in [6.45, 7) is 2.04. The van der Waals surface area contributed by atoms with Crippen LogP contribution in [0.2, 0.25) is 0 Å². The number of ether oxygens (including phenoxy) is 2. The average Bonchev–Trinajstić information content (AvgIpc) is 3.11. The summed E-state index contributed by atoms with van der Waals surface area (Å²) in [7, 11) is 1.57. The number of aromatic nitrogens is 1. The average molecular weight is 420 g/mol. The van der Waals surface area contributed by atoms with Gasteiger partial charge in [-0.2, -0.15) is 4.99 Å². The zero-order valence-electron chi connectivity index (χ0n) is 16.6. The molecule has 0 aliphatic rings. The van der Waals surface area contributed by atoms with Crippen LogP contribution in [0.25, 0.3) is 21.0 Å². The number of rotatable bonds is 5. The maximum absolute atomic E-state index is 12.8. The number of hydrogen-bond acceptors (Lipinski definition) is 5. The van der Waals surface area contributed by atoms with E-state index in [9.17, 15) is 9.59 Å². The number of nitrogens with zero attached hydrogens (tertiary/aromatic N) is 2. The minimum absolute atomic E-state index is 0.0130. The van der Waals surface area contributed by atoms with Crippen LogP contribution < -0.4 is 9.54 Å². The van der Waals surface area contributed by atoms with E-state index in [2.05, 4.69) is 4.99 Å². The molecule has 7 heteroatoms. The summed E-state index contributed by atoms with van der Waals surface area (Å²) in [6, 6.07) is 18.7. The first kappa shape index (κ1) is 19.8. The van der Waals surface area contributed by atoms with Crippen molar-refractivity contribution in [3.8, 4) is 5.75 Å². The van der Waals surface area contributed by atoms with Crippen molar-refractivity contribution in [3.63, 3.8) is 0 Å². The molecule has 0 saturated heterocycles. The van der Waals surface area contributed by atoms with E-state index in [1.807, 2.05) is 36.4 Å². The number of benzene rings is 3. The highest BCUT2D eigenvalue weighted by Gasteiger charge is 2.14. The number of fused-ring (bicyclic) bond motifs is 3. The molecule has 6 nitrogen and oxygen atoms in total. The fraction of sp³-hybridized carbons (Fsp3) is 0.174. The molecule has 0 aliphatic carbocycles. The number of amides is 1. The smallest absolute Gasteiger partial charge is 0.326 e. The van der Waals surface area contributed by atoms with Crippen molar-refractivity contribution in [2.75, 3.05) is 13.7 Å². The van der Waals surface area contributed by atoms with Crippen LogP contribution in [0.5, 0.6) is 5.75 Å². The molecule has 4 aromatic rings. The summed E-state index contributed by atoms with van der Waals surface area (Å²) in [5.41, 5.74) is 1.29. The molecule has 0 bridgehead atoms. The first-order valence-electron chi connectivity index (χ1n) is 9.50. The fourth-order valence-corrected chi connectivity index (χ4v) is 4.42. The van der Waals surface area contributed by atoms with Crippen LogP contribution in [0, 0.1) is 0 Å². The highest BCUT2D eigenvalue weighted by molar-refractivity contribution is 7.17. The zero-order valence-corrected chi connectivity index (χ0v) is 17.4. The Morgan fingerprint density at radius 3 is 2.53 bits per heavy atom. The predicted molar refractivity (Wildman–Crippen MR) is 117 cm³/mol. The maximum Gasteiger partial charge on any atom is 0.326 e. The summed E-state index contributed by atoms with van der Waals surface area (Å²) in [5, 5.41) is 2.14. The Morgan fingerprint density at radius 1 is 1.03 bits per heavy atom. The van der Waals surface area contributed by atoms with Crippen molar-refractivity contribution in [1.29, 1.82) is 0 Å². The Labute approximate surface area is 177 Å². The minimum Gasteiger partial charge on any atom is -0.497 e. The van der Waals surface area contributed by atoms with Gasteiger partial charge in [0.25, 0.3) is 5.91 Å². The van der Waals surface area contributed by atoms with Gasteiger partial charge in [0.05, 0.1) is 23.9 Å². The second-order valence-corrected chi connectivity index (χ2v) is 7.53. The topological polar surface area (TPSA) is 69.9 Å². The lowest BCUT2D eigenvalue weighted by molar-refractivity contribution is -0.143. The lowest BCUT2D eigenvalue weighted by atomic mass is 10.1. The number of thiazole rings is 1. The first-order valence-corrected chi connectivity index (χ1v) is 10.3. The van der Waals surface area contributed by atoms with E-state index >= 15 is 0 Å². The van der Waals surface area contributed by atoms with E-state index in [-0.39, 0.29) is 18.4 Å². The van der Waals surface area contributed by atoms with Crippen LogP contribution in [-0.4, -0.2) is 30.2 Å². The lowest BCUT2D eigenvalue weighted by Crippen LogP contribution is -2.23. The third kappa shape index (κ3) is 3.84. The van der Waals surface area contributed by atoms with Gasteiger partial charge < -0.3 is 14.0 Å². The van der Waals surface area contributed by atoms with Gasteiger partial charge in [-0.3, -0.25) is 9.59 Å². The van der Waals surface area contributed by atoms with E-state index in [1.165, 1.54) is 11.3 Å². The monoisotopic (exact) mass is 420 g/mol. The van der Waals surface area contributed by atoms with E-state index in [0.717, 1.165) is 21.0 Å². The van der Waals surface area contributed by atoms with Crippen molar-refractivity contribution in [1.82, 2.24) is 4.57 Å². The first-order chi connectivity index (χ1) is 14.6. The van der Waals surface area contributed by atoms with Crippen molar-refractivity contribution in [2.45, 2.75) is 13.5 Å². The van der Waals surface area contributed by atoms with Crippen molar-refractivity contribution >= 4 is 44.2 Å². The third-order valence-electron chi connectivity index (χ3n) is 4.70. The van der Waals surface area contributed by atoms with Gasteiger partial charge in [-0.05, 0) is 42.6 Å². The molecule has 3 aromatic carbocycles. The van der Waals surface area contributed by atoms with Gasteiger partial charge >= 0.3 is 5.97 Å². The molecule has 1 amide bonds. The molecule has 4 rings (SSSR count). The molecule has 152 valence electrons. The summed E-state index contributed by atoms with van der Waals surface area (Å²) in [6.07, 6.45) is 0. The molecule has 0 spiro atoms. The number of methoxy groups -OCH3 is 1. The standard InChI is InChI=1S/C23H20N2O4S/c1-3-29-20(26)14-25-19-13-10-15-6-4-5-7-18(15)21(19)30-23(25)24-22(27)16-8-11-17(28-2)12-9-16/h4-13H,3,14H2,1-2H3. The molecule has 0 radical (unpaired) electrons. The van der Waals surface area contributed by atoms with Gasteiger partial charge in [0.15, 0.2) is 4.80 Å². The second-order valence-electron chi connectivity index (χ2n) is 6.56. The van der Waals surface area contributed by atoms with E-state index in [4.69, 9.17) is 9.47 Å². The Hall–Kier alpha value is -3.45. The Kier molecular flexibility index (Phi) is 5.63. The number of carbonyl (C=O) groups is 2. The zero-order chi connectivity index (χ0) is 21.1. The highest BCUT2D eigenvalue weighted by Crippen LogP contribution is 2.27.